The molecule has 0 unspecified atom stereocenters. The number of carbonyl (C=O) groups is 3. The predicted octanol–water partition coefficient (Wildman–Crippen LogP) is 3.69. The highest BCUT2D eigenvalue weighted by Gasteiger charge is 2.64. The summed E-state index contributed by atoms with van der Waals surface area (Å²) in [6.07, 6.45) is 1.81. The number of hydrogen-bond donors (Lipinski definition) is 3. The molecule has 3 aliphatic rings. The molecule has 2 amide bonds. The highest BCUT2D eigenvalue weighted by molar-refractivity contribution is 7.59. The number of benzene rings is 1. The van der Waals surface area contributed by atoms with Crippen molar-refractivity contribution < 1.29 is 38.4 Å². The van der Waals surface area contributed by atoms with Gasteiger partial charge in [-0.05, 0) is 58.4 Å². The second-order valence-electron chi connectivity index (χ2n) is 12.3. The molecule has 0 spiro atoms. The number of nitrogens with zero attached hydrogens (tertiary/aromatic N) is 1. The van der Waals surface area contributed by atoms with E-state index in [-0.39, 0.29) is 32.2 Å². The number of ether oxygens (including phenoxy) is 4. The van der Waals surface area contributed by atoms with Gasteiger partial charge < -0.3 is 34.3 Å². The minimum Gasteiger partial charge on any atom is -0.457 e. The van der Waals surface area contributed by atoms with E-state index in [4.69, 9.17) is 30.5 Å². The number of nitrogens with one attached hydrogen (secondary N) is 2. The molecule has 3 N–H and O–H groups in total. The molecule has 250 valence electrons. The summed E-state index contributed by atoms with van der Waals surface area (Å²) < 4.78 is 23.3. The Kier molecular flexibility index (Phi) is 11.8. The fraction of sp³-hybridized carbons (Fsp3) is 0.594. The Hall–Kier alpha value is -2.61. The van der Waals surface area contributed by atoms with Crippen molar-refractivity contribution >= 4 is 48.8 Å². The normalized spacial score (nSPS) is 34.6. The number of aliphatic hydroxyl groups is 1. The third-order valence-corrected chi connectivity index (χ3v) is 9.48. The molecule has 1 aromatic rings. The maximum Gasteiger partial charge on any atom is 0.409 e. The van der Waals surface area contributed by atoms with Gasteiger partial charge in [0, 0.05) is 26.5 Å². The van der Waals surface area contributed by atoms with Gasteiger partial charge >= 0.3 is 12.1 Å². The molecule has 11 nitrogen and oxygen atoms in total. The number of anilines is 1. The SMILES string of the molecule is CN[C@@H](C)C(=O)O[C@H]1CC(=O)N(C)c2cc(cc(C)c2Cl)C/C(C)=C/C=C/[C@@H](OC)[C@@]2(O)C[C@H](OC(=O)N2)[C@@H](C)[C@@H]2O[C@]12C.S. The molecule has 8 atom stereocenters. The number of hydrogen-bond acceptors (Lipinski definition) is 9. The second kappa shape index (κ2) is 14.4. The zero-order valence-corrected chi connectivity index (χ0v) is 28.9. The number of esters is 1. The highest BCUT2D eigenvalue weighted by atomic mass is 35.5. The van der Waals surface area contributed by atoms with Gasteiger partial charge in [0.2, 0.25) is 5.91 Å². The maximum atomic E-state index is 13.8. The van der Waals surface area contributed by atoms with Gasteiger partial charge in [-0.15, -0.1) is 0 Å². The molecule has 13 heteroatoms. The van der Waals surface area contributed by atoms with Crippen molar-refractivity contribution in [1.82, 2.24) is 10.6 Å². The van der Waals surface area contributed by atoms with Gasteiger partial charge in [-0.1, -0.05) is 48.4 Å². The zero-order chi connectivity index (χ0) is 32.6. The Balaban J connectivity index is 0.00000552. The standard InChI is InChI=1S/C32H44ClN3O8.H2S/c1-17-10-9-11-24(41-8)32(40)16-23(42-30(39)35-32)19(3)28-31(5,44-28)25(43-29(38)20(4)34-6)15-26(37)36(7)22-14-21(12-17)13-18(2)27(22)33;/h9-11,13-14,19-20,23-25,28,34,40H,12,15-16H2,1-8H3,(H,35,39);1H2/b11-9+,17-10+;/t19-,20+,23+,24-,25+,28+,31-,32+;/m1./s1. The van der Waals surface area contributed by atoms with Crippen molar-refractivity contribution in [3.63, 3.8) is 0 Å². The van der Waals surface area contributed by atoms with Crippen LogP contribution in [-0.4, -0.2) is 86.1 Å². The van der Waals surface area contributed by atoms with Crippen molar-refractivity contribution in [3.05, 3.63) is 52.1 Å². The van der Waals surface area contributed by atoms with Gasteiger partial charge in [-0.2, -0.15) is 13.5 Å². The van der Waals surface area contributed by atoms with Crippen LogP contribution in [0.3, 0.4) is 0 Å². The summed E-state index contributed by atoms with van der Waals surface area (Å²) >= 11 is 6.70. The molecule has 4 rings (SSSR count). The number of alkyl carbamates (subject to hydrolysis) is 1. The smallest absolute Gasteiger partial charge is 0.409 e. The number of amides is 2. The molecule has 3 heterocycles. The first-order valence-corrected chi connectivity index (χ1v) is 15.2. The van der Waals surface area contributed by atoms with Gasteiger partial charge in [0.1, 0.15) is 30.0 Å². The predicted molar refractivity (Wildman–Crippen MR) is 176 cm³/mol. The monoisotopic (exact) mass is 667 g/mol. The van der Waals surface area contributed by atoms with Crippen molar-refractivity contribution in [1.29, 1.82) is 0 Å². The van der Waals surface area contributed by atoms with Gasteiger partial charge in [-0.3, -0.25) is 14.9 Å². The Morgan fingerprint density at radius 1 is 1.29 bits per heavy atom. The number of methoxy groups -OCH3 is 1. The van der Waals surface area contributed by atoms with Gasteiger partial charge in [0.25, 0.3) is 0 Å². The molecule has 1 aromatic carbocycles. The van der Waals surface area contributed by atoms with Crippen LogP contribution in [0.4, 0.5) is 10.5 Å². The molecule has 0 aromatic heterocycles. The minimum absolute atomic E-state index is 0. The molecule has 0 radical (unpaired) electrons. The van der Waals surface area contributed by atoms with Crippen LogP contribution >= 0.6 is 25.1 Å². The first-order valence-electron chi connectivity index (χ1n) is 14.8. The van der Waals surface area contributed by atoms with E-state index in [1.807, 2.05) is 39.0 Å². The van der Waals surface area contributed by atoms with Gasteiger partial charge in [-0.25, -0.2) is 4.79 Å². The lowest BCUT2D eigenvalue weighted by Gasteiger charge is -2.42. The number of fused-ring (bicyclic) bond motifs is 5. The van der Waals surface area contributed by atoms with E-state index < -0.39 is 59.8 Å². The first kappa shape index (κ1) is 36.9. The van der Waals surface area contributed by atoms with Crippen LogP contribution in [0.2, 0.25) is 5.02 Å². The van der Waals surface area contributed by atoms with Crippen LogP contribution in [0.1, 0.15) is 51.7 Å². The highest BCUT2D eigenvalue weighted by Crippen LogP contribution is 2.49. The van der Waals surface area contributed by atoms with E-state index >= 15 is 0 Å². The van der Waals surface area contributed by atoms with Crippen molar-refractivity contribution in [3.8, 4) is 0 Å². The lowest BCUT2D eigenvalue weighted by molar-refractivity contribution is -0.155. The molecule has 2 saturated heterocycles. The van der Waals surface area contributed by atoms with E-state index in [0.29, 0.717) is 17.1 Å². The van der Waals surface area contributed by atoms with Crippen LogP contribution in [-0.2, 0) is 35.0 Å². The molecular formula is C32H46ClN3O8S. The number of halogens is 1. The Labute approximate surface area is 277 Å². The van der Waals surface area contributed by atoms with Crippen LogP contribution < -0.4 is 15.5 Å². The molecule has 45 heavy (non-hydrogen) atoms. The first-order chi connectivity index (χ1) is 20.6. The Bertz CT molecular complexity index is 1360. The zero-order valence-electron chi connectivity index (χ0n) is 27.1. The van der Waals surface area contributed by atoms with Gasteiger partial charge in [0.05, 0.1) is 23.2 Å². The van der Waals surface area contributed by atoms with Crippen LogP contribution in [0.15, 0.2) is 35.9 Å². The van der Waals surface area contributed by atoms with Crippen molar-refractivity contribution in [2.45, 2.75) is 95.7 Å². The quantitative estimate of drug-likeness (QED) is 0.324. The van der Waals surface area contributed by atoms with Gasteiger partial charge in [0.15, 0.2) is 5.72 Å². The van der Waals surface area contributed by atoms with Crippen molar-refractivity contribution in [2.75, 3.05) is 26.1 Å². The second-order valence-corrected chi connectivity index (χ2v) is 12.7. The number of aryl methyl sites for hydroxylation is 1. The van der Waals surface area contributed by atoms with E-state index in [9.17, 15) is 19.5 Å². The average molecular weight is 668 g/mol. The lowest BCUT2D eigenvalue weighted by Crippen LogP contribution is -2.63. The molecular weight excluding hydrogens is 622 g/mol. The van der Waals surface area contributed by atoms with Crippen molar-refractivity contribution in [2.24, 2.45) is 5.92 Å². The van der Waals surface area contributed by atoms with Crippen LogP contribution in [0.5, 0.6) is 0 Å². The number of rotatable bonds is 4. The Morgan fingerprint density at radius 2 is 1.98 bits per heavy atom. The average Bonchev–Trinajstić information content (AvgIpc) is 3.66. The minimum atomic E-state index is -1.76. The number of likely N-dealkylation sites (N-methyl/N-ethyl adjacent to an activating group) is 1. The van der Waals surface area contributed by atoms with E-state index in [0.717, 1.165) is 16.7 Å². The summed E-state index contributed by atoms with van der Waals surface area (Å²) in [4.78, 5) is 40.9. The molecule has 3 aliphatic heterocycles. The summed E-state index contributed by atoms with van der Waals surface area (Å²) in [5.74, 6) is -1.29. The Morgan fingerprint density at radius 3 is 2.62 bits per heavy atom. The summed E-state index contributed by atoms with van der Waals surface area (Å²) in [7, 11) is 4.74. The maximum absolute atomic E-state index is 13.8. The molecule has 0 aliphatic carbocycles. The molecule has 0 saturated carbocycles. The lowest BCUT2D eigenvalue weighted by atomic mass is 9.83. The molecule has 4 bridgehead atoms. The summed E-state index contributed by atoms with van der Waals surface area (Å²) in [6.45, 7) is 9.12. The number of carbonyl (C=O) groups excluding carboxylic acids is 3. The summed E-state index contributed by atoms with van der Waals surface area (Å²) in [5.41, 5.74) is 0.475. The third kappa shape index (κ3) is 7.86. The number of allylic oxidation sites excluding steroid dienone is 3. The van der Waals surface area contributed by atoms with Crippen LogP contribution in [0, 0.1) is 12.8 Å². The van der Waals surface area contributed by atoms with Crippen LogP contribution in [0.25, 0.3) is 0 Å². The van der Waals surface area contributed by atoms with E-state index in [1.165, 1.54) is 12.0 Å². The van der Waals surface area contributed by atoms with E-state index in [2.05, 4.69) is 10.6 Å². The largest absolute Gasteiger partial charge is 0.457 e. The fourth-order valence-electron chi connectivity index (χ4n) is 6.00. The van der Waals surface area contributed by atoms with E-state index in [1.54, 1.807) is 40.1 Å². The number of epoxide rings is 1. The third-order valence-electron chi connectivity index (χ3n) is 8.99. The topological polar surface area (TPSA) is 139 Å². The summed E-state index contributed by atoms with van der Waals surface area (Å²) in [5, 5.41) is 17.4. The fourth-order valence-corrected chi connectivity index (χ4v) is 6.24. The summed E-state index contributed by atoms with van der Waals surface area (Å²) in [6, 6.07) is 3.23. The molecule has 2 fully saturated rings.